The van der Waals surface area contributed by atoms with Crippen molar-refractivity contribution in [3.63, 3.8) is 0 Å². The fourth-order valence-electron chi connectivity index (χ4n) is 2.86. The van der Waals surface area contributed by atoms with Crippen LogP contribution in [0.5, 0.6) is 5.75 Å². The van der Waals surface area contributed by atoms with Crippen molar-refractivity contribution in [1.29, 1.82) is 0 Å². The Hall–Kier alpha value is -4.46. The van der Waals surface area contributed by atoms with Gasteiger partial charge in [0.15, 0.2) is 6.61 Å². The average Bonchev–Trinajstić information content (AvgIpc) is 2.85. The normalized spacial score (nSPS) is 10.5. The molecule has 0 aromatic heterocycles. The average molecular weight is 459 g/mol. The number of carbonyl (C=O) groups is 3. The van der Waals surface area contributed by atoms with Gasteiger partial charge in [0, 0.05) is 11.4 Å². The van der Waals surface area contributed by atoms with Gasteiger partial charge >= 0.3 is 11.8 Å². The quantitative estimate of drug-likeness (QED) is 0.272. The highest BCUT2D eigenvalue weighted by Gasteiger charge is 2.12. The molecule has 34 heavy (non-hydrogen) atoms. The van der Waals surface area contributed by atoms with Crippen molar-refractivity contribution in [2.45, 2.75) is 20.3 Å². The van der Waals surface area contributed by atoms with Crippen LogP contribution in [-0.4, -0.2) is 30.5 Å². The van der Waals surface area contributed by atoms with Crippen LogP contribution in [0.2, 0.25) is 0 Å². The van der Waals surface area contributed by atoms with E-state index in [4.69, 9.17) is 4.74 Å². The van der Waals surface area contributed by atoms with Gasteiger partial charge in [-0.2, -0.15) is 5.10 Å². The van der Waals surface area contributed by atoms with Crippen LogP contribution in [0.25, 0.3) is 0 Å². The fourth-order valence-corrected chi connectivity index (χ4v) is 2.86. The van der Waals surface area contributed by atoms with E-state index < -0.39 is 11.8 Å². The minimum Gasteiger partial charge on any atom is -0.484 e. The van der Waals surface area contributed by atoms with Gasteiger partial charge in [0.25, 0.3) is 5.91 Å². The lowest BCUT2D eigenvalue weighted by Crippen LogP contribution is -2.32. The number of ether oxygens (including phenoxy) is 1. The third kappa shape index (κ3) is 7.59. The molecule has 3 aromatic carbocycles. The summed E-state index contributed by atoms with van der Waals surface area (Å²) < 4.78 is 5.48. The highest BCUT2D eigenvalue weighted by atomic mass is 16.5. The minimum atomic E-state index is -0.879. The van der Waals surface area contributed by atoms with E-state index in [2.05, 4.69) is 21.2 Å². The molecular formula is C26H26N4O4. The molecule has 0 fully saturated rings. The summed E-state index contributed by atoms with van der Waals surface area (Å²) in [4.78, 5) is 35.9. The molecule has 0 aliphatic rings. The first-order valence-corrected chi connectivity index (χ1v) is 10.8. The third-order valence-corrected chi connectivity index (χ3v) is 4.79. The molecule has 8 nitrogen and oxygen atoms in total. The summed E-state index contributed by atoms with van der Waals surface area (Å²) in [7, 11) is 0. The third-order valence-electron chi connectivity index (χ3n) is 4.79. The maximum absolute atomic E-state index is 12.0. The molecule has 0 aliphatic heterocycles. The molecule has 0 aliphatic carbocycles. The Labute approximate surface area is 198 Å². The summed E-state index contributed by atoms with van der Waals surface area (Å²) in [6.07, 6.45) is 2.29. The summed E-state index contributed by atoms with van der Waals surface area (Å²) in [6, 6.07) is 21.5. The van der Waals surface area contributed by atoms with E-state index in [0.717, 1.165) is 17.5 Å². The van der Waals surface area contributed by atoms with Crippen molar-refractivity contribution in [2.75, 3.05) is 17.2 Å². The number of benzene rings is 3. The topological polar surface area (TPSA) is 109 Å². The number of hydrogen-bond donors (Lipinski definition) is 3. The van der Waals surface area contributed by atoms with Crippen molar-refractivity contribution in [1.82, 2.24) is 5.43 Å². The second kappa shape index (κ2) is 12.0. The molecule has 0 atom stereocenters. The smallest absolute Gasteiger partial charge is 0.329 e. The molecule has 0 saturated carbocycles. The number of nitrogens with zero attached hydrogens (tertiary/aromatic N) is 1. The van der Waals surface area contributed by atoms with Crippen molar-refractivity contribution in [3.8, 4) is 5.75 Å². The van der Waals surface area contributed by atoms with E-state index in [9.17, 15) is 14.4 Å². The van der Waals surface area contributed by atoms with Gasteiger partial charge in [-0.25, -0.2) is 5.43 Å². The van der Waals surface area contributed by atoms with Gasteiger partial charge < -0.3 is 15.4 Å². The van der Waals surface area contributed by atoms with Gasteiger partial charge in [0.05, 0.1) is 6.21 Å². The van der Waals surface area contributed by atoms with Crippen molar-refractivity contribution in [3.05, 3.63) is 89.5 Å². The maximum atomic E-state index is 12.0. The predicted molar refractivity (Wildman–Crippen MR) is 132 cm³/mol. The van der Waals surface area contributed by atoms with E-state index >= 15 is 0 Å². The van der Waals surface area contributed by atoms with E-state index in [1.165, 1.54) is 6.21 Å². The summed E-state index contributed by atoms with van der Waals surface area (Å²) in [6.45, 7) is 3.88. The zero-order valence-corrected chi connectivity index (χ0v) is 19.0. The predicted octanol–water partition coefficient (Wildman–Crippen LogP) is 3.66. The molecule has 3 aromatic rings. The number of hydrazone groups is 1. The zero-order valence-electron chi connectivity index (χ0n) is 19.0. The Kier molecular flexibility index (Phi) is 8.51. The second-order valence-electron chi connectivity index (χ2n) is 7.48. The number of aryl methyl sites for hydroxylation is 2. The number of hydrogen-bond acceptors (Lipinski definition) is 5. The molecule has 3 N–H and O–H groups in total. The van der Waals surface area contributed by atoms with Gasteiger partial charge in [0.1, 0.15) is 5.75 Å². The lowest BCUT2D eigenvalue weighted by molar-refractivity contribution is -0.136. The molecule has 174 valence electrons. The van der Waals surface area contributed by atoms with Crippen LogP contribution in [0, 0.1) is 6.92 Å². The first kappa shape index (κ1) is 24.2. The van der Waals surface area contributed by atoms with E-state index in [-0.39, 0.29) is 12.5 Å². The van der Waals surface area contributed by atoms with Gasteiger partial charge in [-0.05, 0) is 73.0 Å². The minimum absolute atomic E-state index is 0.131. The van der Waals surface area contributed by atoms with Crippen LogP contribution in [-0.2, 0) is 20.8 Å². The molecule has 3 rings (SSSR count). The Bertz CT molecular complexity index is 1150. The highest BCUT2D eigenvalue weighted by molar-refractivity contribution is 6.39. The summed E-state index contributed by atoms with van der Waals surface area (Å²) >= 11 is 0. The van der Waals surface area contributed by atoms with E-state index in [1.54, 1.807) is 36.4 Å². The zero-order chi connectivity index (χ0) is 24.3. The number of anilines is 2. The maximum Gasteiger partial charge on any atom is 0.329 e. The fraction of sp³-hybridized carbons (Fsp3) is 0.154. The molecule has 3 amide bonds. The highest BCUT2D eigenvalue weighted by Crippen LogP contribution is 2.12. The van der Waals surface area contributed by atoms with Crippen LogP contribution >= 0.6 is 0 Å². The summed E-state index contributed by atoms with van der Waals surface area (Å²) in [5.41, 5.74) is 6.34. The molecule has 0 saturated heterocycles. The lowest BCUT2D eigenvalue weighted by Gasteiger charge is -2.08. The van der Waals surface area contributed by atoms with Crippen LogP contribution in [0.1, 0.15) is 23.6 Å². The molecule has 0 unspecified atom stereocenters. The van der Waals surface area contributed by atoms with Gasteiger partial charge in [-0.1, -0.05) is 36.8 Å². The largest absolute Gasteiger partial charge is 0.484 e. The molecule has 0 heterocycles. The first-order chi connectivity index (χ1) is 16.4. The van der Waals surface area contributed by atoms with Crippen LogP contribution in [0.4, 0.5) is 11.4 Å². The van der Waals surface area contributed by atoms with Gasteiger partial charge in [-0.15, -0.1) is 0 Å². The Morgan fingerprint density at radius 3 is 2.09 bits per heavy atom. The lowest BCUT2D eigenvalue weighted by atomic mass is 10.1. The van der Waals surface area contributed by atoms with Crippen LogP contribution in [0.15, 0.2) is 77.9 Å². The van der Waals surface area contributed by atoms with Crippen molar-refractivity contribution >= 4 is 35.3 Å². The van der Waals surface area contributed by atoms with Crippen molar-refractivity contribution in [2.24, 2.45) is 5.10 Å². The van der Waals surface area contributed by atoms with Gasteiger partial charge in [0.2, 0.25) is 0 Å². The van der Waals surface area contributed by atoms with Crippen molar-refractivity contribution < 1.29 is 19.1 Å². The molecule has 8 heteroatoms. The molecular weight excluding hydrogens is 432 g/mol. The van der Waals surface area contributed by atoms with Crippen LogP contribution in [0.3, 0.4) is 0 Å². The number of carbonyl (C=O) groups excluding carboxylic acids is 3. The first-order valence-electron chi connectivity index (χ1n) is 10.8. The van der Waals surface area contributed by atoms with Gasteiger partial charge in [-0.3, -0.25) is 14.4 Å². The Morgan fingerprint density at radius 1 is 0.824 bits per heavy atom. The van der Waals surface area contributed by atoms with E-state index in [0.29, 0.717) is 22.7 Å². The molecule has 0 radical (unpaired) electrons. The second-order valence-corrected chi connectivity index (χ2v) is 7.48. The summed E-state index contributed by atoms with van der Waals surface area (Å²) in [5.74, 6) is -1.45. The van der Waals surface area contributed by atoms with E-state index in [1.807, 2.05) is 50.2 Å². The number of rotatable bonds is 8. The monoisotopic (exact) mass is 458 g/mol. The molecule has 0 bridgehead atoms. The molecule has 0 spiro atoms. The number of nitrogens with one attached hydrogen (secondary N) is 3. The standard InChI is InChI=1S/C26H26N4O4/c1-3-19-6-12-22(13-7-19)29-25(32)26(33)30-27-16-20-8-14-23(15-9-20)34-17-24(31)28-21-10-4-18(2)5-11-21/h4-16H,3,17H2,1-2H3,(H,28,31)(H,29,32)(H,30,33)/b27-16-. The van der Waals surface area contributed by atoms with Crippen LogP contribution < -0.4 is 20.8 Å². The number of amides is 3. The Balaban J connectivity index is 1.41. The SMILES string of the molecule is CCc1ccc(NC(=O)C(=O)N/N=C\c2ccc(OCC(=O)Nc3ccc(C)cc3)cc2)cc1. The Morgan fingerprint density at radius 2 is 1.44 bits per heavy atom. The summed E-state index contributed by atoms with van der Waals surface area (Å²) in [5, 5.41) is 9.07.